The fraction of sp³-hybridized carbons (Fsp3) is 0.620. The summed E-state index contributed by atoms with van der Waals surface area (Å²) in [4.78, 5) is 337. The number of nitrogens with two attached hydrogens (primary N) is 3. The molecule has 0 rings (SSSR count). The molecule has 0 unspecified atom stereocenters. The largest absolute Gasteiger partial charge is 0.481 e. The van der Waals surface area contributed by atoms with E-state index < -0.39 is 387 Å². The molecule has 0 aromatic carbocycles. The third kappa shape index (κ3) is 50.8. The van der Waals surface area contributed by atoms with E-state index in [0.29, 0.717) is 6.42 Å². The van der Waals surface area contributed by atoms with E-state index in [1.807, 2.05) is 58.5 Å². The lowest BCUT2D eigenvalue weighted by molar-refractivity contribution is -0.143. The Morgan fingerprint density at radius 3 is 0.667 bits per heavy atom. The van der Waals surface area contributed by atoms with Crippen LogP contribution in [0.1, 0.15) is 167 Å². The van der Waals surface area contributed by atoms with Crippen molar-refractivity contribution < 1.29 is 191 Å². The van der Waals surface area contributed by atoms with Crippen molar-refractivity contribution in [3.05, 3.63) is 0 Å². The molecule has 0 saturated heterocycles. The van der Waals surface area contributed by atoms with Crippen LogP contribution < -0.4 is 97.0 Å². The maximum atomic E-state index is 14.3. The fourth-order valence-corrected chi connectivity index (χ4v) is 11.2. The predicted octanol–water partition coefficient (Wildman–Crippen LogP) is -11.7. The molecule has 58 nitrogen and oxygen atoms in total. The minimum absolute atomic E-state index is 0.0145. The molecule has 722 valence electrons. The van der Waals surface area contributed by atoms with E-state index in [2.05, 4.69) is 21.3 Å². The van der Waals surface area contributed by atoms with Crippen molar-refractivity contribution >= 4 is 160 Å². The highest BCUT2D eigenvalue weighted by atomic mass is 16.4. The highest BCUT2D eigenvalue weighted by molar-refractivity contribution is 6.02. The van der Waals surface area contributed by atoms with Crippen LogP contribution >= 0.6 is 0 Å². The van der Waals surface area contributed by atoms with E-state index in [-0.39, 0.29) is 44.7 Å². The fourth-order valence-electron chi connectivity index (χ4n) is 11.2. The van der Waals surface area contributed by atoms with Crippen molar-refractivity contribution in [1.29, 1.82) is 5.41 Å². The number of carboxylic acids is 12. The van der Waals surface area contributed by atoms with Crippen LogP contribution in [0.3, 0.4) is 0 Å². The first-order valence-electron chi connectivity index (χ1n) is 39.3. The van der Waals surface area contributed by atoms with E-state index in [1.54, 1.807) is 0 Å². The molecule has 0 radical (unpaired) electrons. The van der Waals surface area contributed by atoms with Gasteiger partial charge in [-0.3, -0.25) is 125 Å². The second-order valence-corrected chi connectivity index (χ2v) is 28.4. The molecule has 0 aromatic rings. The van der Waals surface area contributed by atoms with E-state index in [9.17, 15) is 191 Å². The zero-order valence-corrected chi connectivity index (χ0v) is 69.0. The van der Waals surface area contributed by atoms with E-state index in [0.717, 1.165) is 0 Å². The molecule has 35 N–H and O–H groups in total. The van der Waals surface area contributed by atoms with Crippen LogP contribution in [0.5, 0.6) is 0 Å². The molecule has 129 heavy (non-hydrogen) atoms. The molecule has 0 heterocycles. The number of aliphatic hydroxyl groups is 1. The number of rotatable bonds is 70. The summed E-state index contributed by atoms with van der Waals surface area (Å²) in [6.07, 6.45) is -21.0. The van der Waals surface area contributed by atoms with Crippen LogP contribution in [0.4, 0.5) is 0 Å². The van der Waals surface area contributed by atoms with Gasteiger partial charge in [0, 0.05) is 70.8 Å². The summed E-state index contributed by atoms with van der Waals surface area (Å²) < 4.78 is 0. The molecule has 0 aliphatic carbocycles. The van der Waals surface area contributed by atoms with E-state index in [1.165, 1.54) is 0 Å². The number of hydrogen-bond donors (Lipinski definition) is 32. The number of aliphatic hydroxyl groups excluding tert-OH is 1. The Hall–Kier alpha value is -14.6. The minimum Gasteiger partial charge on any atom is -0.481 e. The molecule has 14 atom stereocenters. The molecule has 0 aliphatic rings. The van der Waals surface area contributed by atoms with Crippen molar-refractivity contribution in [3.63, 3.8) is 0 Å². The van der Waals surface area contributed by atoms with Crippen LogP contribution in [-0.2, 0) is 125 Å². The van der Waals surface area contributed by atoms with Crippen LogP contribution in [0, 0.1) is 5.41 Å². The first kappa shape index (κ1) is 114. The number of carbonyl (C=O) groups excluding carboxylic acids is 14. The second-order valence-electron chi connectivity index (χ2n) is 28.4. The molecular formula is C71H109N19O39. The number of carboxylic acid groups (broad SMARTS) is 12. The smallest absolute Gasteiger partial charge is 0.326 e. The summed E-state index contributed by atoms with van der Waals surface area (Å²) in [5, 5.41) is 164. The summed E-state index contributed by atoms with van der Waals surface area (Å²) >= 11 is 0. The van der Waals surface area contributed by atoms with Gasteiger partial charge < -0.3 is 163 Å². The highest BCUT2D eigenvalue weighted by Gasteiger charge is 2.40. The van der Waals surface area contributed by atoms with Gasteiger partial charge in [0.05, 0.1) is 25.6 Å². The number of hydrogen-bond acceptors (Lipinski definition) is 30. The first-order chi connectivity index (χ1) is 60.3. The van der Waals surface area contributed by atoms with Crippen molar-refractivity contribution in [2.24, 2.45) is 17.2 Å². The average molecular weight is 1850 g/mol. The van der Waals surface area contributed by atoms with Crippen molar-refractivity contribution in [2.75, 3.05) is 26.2 Å². The summed E-state index contributed by atoms with van der Waals surface area (Å²) in [5.41, 5.74) is 16.5. The van der Waals surface area contributed by atoms with Gasteiger partial charge in [-0.1, -0.05) is 0 Å². The molecule has 0 saturated carbocycles. The van der Waals surface area contributed by atoms with Crippen LogP contribution in [0.15, 0.2) is 0 Å². The Balaban J connectivity index is 7.54. The number of amides is 14. The Kier molecular flexibility index (Phi) is 54.0. The summed E-state index contributed by atoms with van der Waals surface area (Å²) in [7, 11) is 0. The Labute approximate surface area is 729 Å². The molecule has 0 aliphatic heterocycles. The van der Waals surface area contributed by atoms with Crippen molar-refractivity contribution in [3.8, 4) is 0 Å². The van der Waals surface area contributed by atoms with Gasteiger partial charge in [-0.25, -0.2) is 4.79 Å². The zero-order chi connectivity index (χ0) is 98.5. The number of carbonyl (C=O) groups is 26. The van der Waals surface area contributed by atoms with Gasteiger partial charge in [0.1, 0.15) is 78.5 Å². The molecule has 0 spiro atoms. The van der Waals surface area contributed by atoms with E-state index in [4.69, 9.17) is 22.6 Å². The minimum atomic E-state index is -2.30. The molecule has 0 aromatic heterocycles. The topological polar surface area (TPSA) is 989 Å². The van der Waals surface area contributed by atoms with Crippen LogP contribution in [0.25, 0.3) is 0 Å². The Bertz CT molecular complexity index is 4020. The highest BCUT2D eigenvalue weighted by Crippen LogP contribution is 2.15. The van der Waals surface area contributed by atoms with Gasteiger partial charge in [0.25, 0.3) is 0 Å². The number of aliphatic carboxylic acids is 12. The monoisotopic (exact) mass is 1850 g/mol. The summed E-state index contributed by atoms with van der Waals surface area (Å²) in [5.74, 6) is -41.3. The lowest BCUT2D eigenvalue weighted by Gasteiger charge is -2.28. The van der Waals surface area contributed by atoms with Gasteiger partial charge in [0.2, 0.25) is 82.7 Å². The van der Waals surface area contributed by atoms with Crippen molar-refractivity contribution in [1.82, 2.24) is 79.8 Å². The Morgan fingerprint density at radius 1 is 0.248 bits per heavy atom. The maximum absolute atomic E-state index is 14.3. The van der Waals surface area contributed by atoms with Gasteiger partial charge >= 0.3 is 71.6 Å². The third-order valence-corrected chi connectivity index (χ3v) is 18.0. The molecular weight excluding hydrogens is 1740 g/mol. The normalized spacial score (nSPS) is 14.0. The maximum Gasteiger partial charge on any atom is 0.326 e. The molecule has 14 amide bonds. The third-order valence-electron chi connectivity index (χ3n) is 18.0. The standard InChI is InChI=1S/C71H109N19O39/c72-26-2-1-5-42(70(128)129)89-67(125)41(15-25-55(111)112)87-65(123)39(13-23-53(107)108)85-63(121)37(11-21-51(103)104)83-61(119)35(9-19-49(99)100)81-59(117)33(7-17-47(95)96)79-58(116)32(6-16-46(93)94)80-60(118)34(8-18-48(97)98)82-62(120)36(10-20-50(101)102)84-64(122)38(12-22-52(105)106)86-66(124)40(14-24-54(109)110)88-69(127)44(30-91)90-68(126)43(28-56(113)114)78-45(92)29-77-57(115)31(73)4-3-27-76-71(74)75/h31-44,91H,1-30,72-73H2,(H,77,115)(H,78,92)(H,79,116)(H,80,118)(H,81,117)(H,82,120)(H,83,119)(H,84,122)(H,85,121)(H,86,124)(H,87,123)(H,88,127)(H,89,125)(H,90,126)(H,93,94)(H,95,96)(H,97,98)(H,99,100)(H,101,102)(H,103,104)(H,105,106)(H,107,108)(H,109,110)(H,111,112)(H,113,114)(H,128,129)(H4,74,75,76)/t31-,32-,33-,34-,35-,36-,37-,38-,39-,40-,41-,42-,43-,44-/m0/s1. The second kappa shape index (κ2) is 60.9. The molecule has 58 heteroatoms. The lowest BCUT2D eigenvalue weighted by atomic mass is 10.0. The number of unbranched alkanes of at least 4 members (excludes halogenated alkanes) is 1. The van der Waals surface area contributed by atoms with Crippen molar-refractivity contribution in [2.45, 2.75) is 252 Å². The summed E-state index contributed by atoms with van der Waals surface area (Å²) in [6, 6.07) is -29.2. The number of nitrogens with one attached hydrogen (secondary N) is 16. The SMILES string of the molecule is N=C(N)NCCC[C@H](N)C(=O)NCC(=O)N[C@@H](CC(=O)O)C(=O)N[C@@H](CO)C(=O)N[C@@H](CCC(=O)O)C(=O)N[C@@H](CCC(=O)O)C(=O)N[C@@H](CCC(=O)O)C(=O)N[C@@H](CCC(=O)O)C(=O)N[C@@H](CCC(=O)O)C(=O)N[C@@H](CCC(=O)O)C(=O)N[C@@H](CCC(=O)O)C(=O)N[C@@H](CCC(=O)O)C(=O)N[C@@H](CCC(=O)O)C(=O)N[C@@H](CCC(=O)O)C(=O)N[C@@H](CCCCN)C(=O)O. The quantitative estimate of drug-likeness (QED) is 0.0153. The summed E-state index contributed by atoms with van der Waals surface area (Å²) in [6.45, 7) is -2.06. The van der Waals surface area contributed by atoms with Gasteiger partial charge in [-0.15, -0.1) is 0 Å². The predicted molar refractivity (Wildman–Crippen MR) is 424 cm³/mol. The Morgan fingerprint density at radius 2 is 0.465 bits per heavy atom. The lowest BCUT2D eigenvalue weighted by Crippen LogP contribution is -2.61. The van der Waals surface area contributed by atoms with Crippen LogP contribution in [-0.4, -0.2) is 338 Å². The average Bonchev–Trinajstić information content (AvgIpc) is 0.856. The van der Waals surface area contributed by atoms with E-state index >= 15 is 0 Å². The molecule has 0 bridgehead atoms. The zero-order valence-electron chi connectivity index (χ0n) is 69.0. The number of guanidine groups is 1. The first-order valence-corrected chi connectivity index (χ1v) is 39.3. The van der Waals surface area contributed by atoms with Crippen LogP contribution in [0.2, 0.25) is 0 Å². The molecule has 0 fully saturated rings. The van der Waals surface area contributed by atoms with Gasteiger partial charge in [-0.2, -0.15) is 0 Å². The van der Waals surface area contributed by atoms with Gasteiger partial charge in [-0.05, 0) is 103 Å². The van der Waals surface area contributed by atoms with Gasteiger partial charge in [0.15, 0.2) is 5.96 Å².